The lowest BCUT2D eigenvalue weighted by Crippen LogP contribution is -2.37. The molecule has 1 amide bonds. The Hall–Kier alpha value is -3.18. The van der Waals surface area contributed by atoms with Gasteiger partial charge in [-0.2, -0.15) is 0 Å². The summed E-state index contributed by atoms with van der Waals surface area (Å²) in [4.78, 5) is 15.0. The predicted octanol–water partition coefficient (Wildman–Crippen LogP) is 5.86. The number of amides is 1. The van der Waals surface area contributed by atoms with Gasteiger partial charge in [-0.3, -0.25) is 10.1 Å². The molecule has 5 heteroatoms. The fourth-order valence-electron chi connectivity index (χ4n) is 4.00. The molecule has 1 aliphatic heterocycles. The van der Waals surface area contributed by atoms with Gasteiger partial charge in [-0.05, 0) is 85.9 Å². The number of carbonyl (C=O) groups excluding carboxylic acids is 1. The number of piperidine rings is 1. The van der Waals surface area contributed by atoms with Crippen LogP contribution in [-0.4, -0.2) is 23.6 Å². The van der Waals surface area contributed by atoms with Gasteiger partial charge in [0.1, 0.15) is 0 Å². The van der Waals surface area contributed by atoms with Gasteiger partial charge >= 0.3 is 0 Å². The summed E-state index contributed by atoms with van der Waals surface area (Å²) in [6, 6.07) is 26.4. The van der Waals surface area contributed by atoms with Gasteiger partial charge in [-0.25, -0.2) is 0 Å². The molecule has 0 radical (unpaired) electrons. The van der Waals surface area contributed by atoms with E-state index in [1.807, 2.05) is 66.7 Å². The van der Waals surface area contributed by atoms with Crippen LogP contribution in [0.5, 0.6) is 0 Å². The molecule has 2 N–H and O–H groups in total. The molecule has 1 aliphatic rings. The molecule has 158 valence electrons. The predicted molar refractivity (Wildman–Crippen MR) is 133 cm³/mol. The number of benzene rings is 3. The van der Waals surface area contributed by atoms with Gasteiger partial charge in [-0.15, -0.1) is 0 Å². The van der Waals surface area contributed by atoms with Gasteiger partial charge in [0.25, 0.3) is 5.91 Å². The number of nitrogens with zero attached hydrogens (tertiary/aromatic N) is 1. The summed E-state index contributed by atoms with van der Waals surface area (Å²) < 4.78 is 0. The summed E-state index contributed by atoms with van der Waals surface area (Å²) in [5.74, 6) is -0.226. The number of carbonyl (C=O) groups is 1. The molecule has 4 nitrogen and oxygen atoms in total. The van der Waals surface area contributed by atoms with E-state index in [-0.39, 0.29) is 11.0 Å². The third-order valence-electron chi connectivity index (χ3n) is 5.74. The van der Waals surface area contributed by atoms with Crippen LogP contribution in [-0.2, 0) is 0 Å². The van der Waals surface area contributed by atoms with Crippen molar-refractivity contribution < 1.29 is 4.79 Å². The van der Waals surface area contributed by atoms with Crippen molar-refractivity contribution in [2.45, 2.75) is 32.2 Å². The van der Waals surface area contributed by atoms with Crippen molar-refractivity contribution in [2.75, 3.05) is 16.8 Å². The Kier molecular flexibility index (Phi) is 6.63. The molecule has 31 heavy (non-hydrogen) atoms. The molecule has 1 unspecified atom stereocenters. The number of thiocarbonyl (C=S) groups is 1. The molecule has 0 aliphatic carbocycles. The Morgan fingerprint density at radius 1 is 0.903 bits per heavy atom. The summed E-state index contributed by atoms with van der Waals surface area (Å²) in [7, 11) is 0. The monoisotopic (exact) mass is 429 g/mol. The number of hydrogen-bond donors (Lipinski definition) is 2. The van der Waals surface area contributed by atoms with Crippen molar-refractivity contribution in [1.82, 2.24) is 5.32 Å². The number of nitrogens with one attached hydrogen (secondary N) is 2. The van der Waals surface area contributed by atoms with Crippen LogP contribution in [0.3, 0.4) is 0 Å². The van der Waals surface area contributed by atoms with Crippen molar-refractivity contribution in [3.63, 3.8) is 0 Å². The Bertz CT molecular complexity index is 1030. The van der Waals surface area contributed by atoms with Crippen LogP contribution in [0.25, 0.3) is 11.1 Å². The van der Waals surface area contributed by atoms with E-state index in [0.29, 0.717) is 11.6 Å². The Balaban J connectivity index is 1.33. The summed E-state index contributed by atoms with van der Waals surface area (Å²) in [5, 5.41) is 6.15. The summed E-state index contributed by atoms with van der Waals surface area (Å²) in [6.07, 6.45) is 3.79. The maximum Gasteiger partial charge on any atom is 0.257 e. The largest absolute Gasteiger partial charge is 0.369 e. The maximum absolute atomic E-state index is 12.5. The van der Waals surface area contributed by atoms with E-state index >= 15 is 0 Å². The second kappa shape index (κ2) is 9.75. The highest BCUT2D eigenvalue weighted by atomic mass is 32.1. The molecule has 1 heterocycles. The molecule has 1 atom stereocenters. The molecule has 1 fully saturated rings. The third-order valence-corrected chi connectivity index (χ3v) is 5.95. The summed E-state index contributed by atoms with van der Waals surface area (Å²) in [6.45, 7) is 3.38. The first-order chi connectivity index (χ1) is 15.1. The smallest absolute Gasteiger partial charge is 0.257 e. The van der Waals surface area contributed by atoms with Crippen LogP contribution < -0.4 is 15.5 Å². The first-order valence-electron chi connectivity index (χ1n) is 10.7. The topological polar surface area (TPSA) is 44.4 Å². The zero-order chi connectivity index (χ0) is 21.6. The van der Waals surface area contributed by atoms with E-state index in [1.54, 1.807) is 0 Å². The van der Waals surface area contributed by atoms with Crippen LogP contribution in [0.2, 0.25) is 0 Å². The van der Waals surface area contributed by atoms with Crippen LogP contribution in [0, 0.1) is 0 Å². The van der Waals surface area contributed by atoms with Gasteiger partial charge in [-0.1, -0.05) is 42.5 Å². The normalized spacial score (nSPS) is 15.9. The van der Waals surface area contributed by atoms with Crippen LogP contribution in [0.4, 0.5) is 11.4 Å². The lowest BCUT2D eigenvalue weighted by Gasteiger charge is -2.35. The quantitative estimate of drug-likeness (QED) is 0.510. The van der Waals surface area contributed by atoms with E-state index in [9.17, 15) is 4.79 Å². The highest BCUT2D eigenvalue weighted by molar-refractivity contribution is 7.80. The number of anilines is 2. The van der Waals surface area contributed by atoms with Crippen molar-refractivity contribution >= 4 is 34.6 Å². The fraction of sp³-hybridized carbons (Fsp3) is 0.231. The Morgan fingerprint density at radius 2 is 1.58 bits per heavy atom. The standard InChI is InChI=1S/C26H27N3OS/c1-19-7-5-6-18-29(19)24-16-14-23(15-17-24)27-26(31)28-25(30)22-12-10-21(11-13-22)20-8-3-2-4-9-20/h2-4,8-17,19H,5-7,18H2,1H3,(H2,27,28,30,31). The maximum atomic E-state index is 12.5. The SMILES string of the molecule is CC1CCCCN1c1ccc(NC(=S)NC(=O)c2ccc(-c3ccccc3)cc2)cc1. The molecule has 0 bridgehead atoms. The first kappa shape index (κ1) is 21.1. The van der Waals surface area contributed by atoms with E-state index < -0.39 is 0 Å². The first-order valence-corrected chi connectivity index (χ1v) is 11.2. The molecule has 4 rings (SSSR count). The Morgan fingerprint density at radius 3 is 2.26 bits per heavy atom. The van der Waals surface area contributed by atoms with Crippen LogP contribution in [0.15, 0.2) is 78.9 Å². The number of rotatable bonds is 4. The Labute approximate surface area is 189 Å². The molecule has 0 aromatic heterocycles. The summed E-state index contributed by atoms with van der Waals surface area (Å²) >= 11 is 5.34. The third kappa shape index (κ3) is 5.30. The summed E-state index contributed by atoms with van der Waals surface area (Å²) in [5.41, 5.74) is 4.85. The van der Waals surface area contributed by atoms with Crippen molar-refractivity contribution in [3.05, 3.63) is 84.4 Å². The molecule has 0 spiro atoms. The average molecular weight is 430 g/mol. The number of hydrogen-bond acceptors (Lipinski definition) is 3. The minimum atomic E-state index is -0.226. The van der Waals surface area contributed by atoms with E-state index in [4.69, 9.17) is 12.2 Å². The molecule has 3 aromatic carbocycles. The highest BCUT2D eigenvalue weighted by Crippen LogP contribution is 2.26. The lowest BCUT2D eigenvalue weighted by molar-refractivity contribution is 0.0978. The van der Waals surface area contributed by atoms with Crippen molar-refractivity contribution in [3.8, 4) is 11.1 Å². The van der Waals surface area contributed by atoms with Gasteiger partial charge < -0.3 is 10.2 Å². The van der Waals surface area contributed by atoms with Gasteiger partial charge in [0.15, 0.2) is 5.11 Å². The van der Waals surface area contributed by atoms with Crippen molar-refractivity contribution in [2.24, 2.45) is 0 Å². The van der Waals surface area contributed by atoms with Crippen LogP contribution >= 0.6 is 12.2 Å². The van der Waals surface area contributed by atoms with E-state index in [1.165, 1.54) is 24.9 Å². The molecule has 1 saturated heterocycles. The minimum absolute atomic E-state index is 0.226. The fourth-order valence-corrected chi connectivity index (χ4v) is 4.21. The lowest BCUT2D eigenvalue weighted by atomic mass is 10.0. The zero-order valence-corrected chi connectivity index (χ0v) is 18.5. The molecule has 0 saturated carbocycles. The second-order valence-electron chi connectivity index (χ2n) is 7.94. The highest BCUT2D eigenvalue weighted by Gasteiger charge is 2.18. The molecule has 3 aromatic rings. The minimum Gasteiger partial charge on any atom is -0.369 e. The zero-order valence-electron chi connectivity index (χ0n) is 17.7. The van der Waals surface area contributed by atoms with E-state index in [0.717, 1.165) is 23.4 Å². The van der Waals surface area contributed by atoms with Crippen LogP contribution in [0.1, 0.15) is 36.5 Å². The van der Waals surface area contributed by atoms with E-state index in [2.05, 4.69) is 34.6 Å². The second-order valence-corrected chi connectivity index (χ2v) is 8.34. The molecular weight excluding hydrogens is 402 g/mol. The van der Waals surface area contributed by atoms with Gasteiger partial charge in [0.05, 0.1) is 0 Å². The average Bonchev–Trinajstić information content (AvgIpc) is 2.81. The van der Waals surface area contributed by atoms with Gasteiger partial charge in [0, 0.05) is 29.5 Å². The van der Waals surface area contributed by atoms with Gasteiger partial charge in [0.2, 0.25) is 0 Å². The molecular formula is C26H27N3OS. The van der Waals surface area contributed by atoms with Crippen molar-refractivity contribution in [1.29, 1.82) is 0 Å².